The summed E-state index contributed by atoms with van der Waals surface area (Å²) in [4.78, 5) is 0. The van der Waals surface area contributed by atoms with E-state index < -0.39 is 0 Å². The van der Waals surface area contributed by atoms with Crippen molar-refractivity contribution in [3.05, 3.63) is 5.82 Å². The first-order valence-corrected chi connectivity index (χ1v) is 5.71. The van der Waals surface area contributed by atoms with Gasteiger partial charge in [0.05, 0.1) is 6.54 Å². The molecule has 1 aromatic heterocycles. The van der Waals surface area contributed by atoms with Crippen molar-refractivity contribution in [1.29, 1.82) is 0 Å². The quantitative estimate of drug-likeness (QED) is 0.782. The monoisotopic (exact) mass is 209 g/mol. The minimum atomic E-state index is 0.620. The zero-order chi connectivity index (χ0) is 10.7. The lowest BCUT2D eigenvalue weighted by molar-refractivity contribution is 0.225. The highest BCUT2D eigenvalue weighted by atomic mass is 15.5. The Balaban J connectivity index is 1.76. The number of nitrogens with zero attached hydrogens (tertiary/aromatic N) is 3. The summed E-state index contributed by atoms with van der Waals surface area (Å²) in [6.07, 6.45) is 3.85. The molecule has 3 atom stereocenters. The molecule has 5 heteroatoms. The molecule has 2 N–H and O–H groups in total. The maximum atomic E-state index is 3.92. The molecule has 1 aliphatic carbocycles. The second-order valence-corrected chi connectivity index (χ2v) is 4.67. The summed E-state index contributed by atoms with van der Waals surface area (Å²) in [7, 11) is 0. The van der Waals surface area contributed by atoms with Gasteiger partial charge in [0.15, 0.2) is 5.82 Å². The fourth-order valence-electron chi connectivity index (χ4n) is 2.23. The highest BCUT2D eigenvalue weighted by Gasteiger charge is 2.24. The van der Waals surface area contributed by atoms with Crippen molar-refractivity contribution in [3.63, 3.8) is 0 Å². The van der Waals surface area contributed by atoms with Crippen LogP contribution in [0, 0.1) is 11.8 Å². The molecule has 0 amide bonds. The van der Waals surface area contributed by atoms with Gasteiger partial charge in [0.2, 0.25) is 0 Å². The molecule has 5 nitrogen and oxygen atoms in total. The predicted octanol–water partition coefficient (Wildman–Crippen LogP) is 1.11. The maximum Gasteiger partial charge on any atom is 0.188 e. The van der Waals surface area contributed by atoms with Crippen LogP contribution in [0.25, 0.3) is 0 Å². The van der Waals surface area contributed by atoms with E-state index in [0.717, 1.165) is 24.2 Å². The molecule has 15 heavy (non-hydrogen) atoms. The van der Waals surface area contributed by atoms with Gasteiger partial charge in [-0.2, -0.15) is 5.21 Å². The third-order valence-corrected chi connectivity index (χ3v) is 3.54. The van der Waals surface area contributed by atoms with Crippen molar-refractivity contribution in [1.82, 2.24) is 25.9 Å². The Kier molecular flexibility index (Phi) is 3.30. The van der Waals surface area contributed by atoms with Crippen molar-refractivity contribution >= 4 is 0 Å². The first-order chi connectivity index (χ1) is 7.25. The highest BCUT2D eigenvalue weighted by molar-refractivity contribution is 4.82. The maximum absolute atomic E-state index is 3.92. The average Bonchev–Trinajstić information content (AvgIpc) is 2.73. The van der Waals surface area contributed by atoms with Gasteiger partial charge in [0, 0.05) is 6.04 Å². The van der Waals surface area contributed by atoms with Crippen molar-refractivity contribution in [3.8, 4) is 0 Å². The average molecular weight is 209 g/mol. The Bertz CT molecular complexity index is 284. The van der Waals surface area contributed by atoms with Gasteiger partial charge >= 0.3 is 0 Å². The van der Waals surface area contributed by atoms with E-state index in [1.165, 1.54) is 19.3 Å². The van der Waals surface area contributed by atoms with Crippen molar-refractivity contribution in [2.45, 2.75) is 45.7 Å². The molecular formula is C10H19N5. The number of hydrogen-bond donors (Lipinski definition) is 2. The summed E-state index contributed by atoms with van der Waals surface area (Å²) in [5, 5.41) is 17.3. The fourth-order valence-corrected chi connectivity index (χ4v) is 2.23. The first kappa shape index (κ1) is 10.5. The van der Waals surface area contributed by atoms with Crippen LogP contribution in [0.4, 0.5) is 0 Å². The van der Waals surface area contributed by atoms with E-state index in [-0.39, 0.29) is 0 Å². The molecule has 0 saturated heterocycles. The summed E-state index contributed by atoms with van der Waals surface area (Å²) in [6, 6.07) is 0.620. The lowest BCUT2D eigenvalue weighted by atomic mass is 9.79. The van der Waals surface area contributed by atoms with Crippen molar-refractivity contribution < 1.29 is 0 Å². The minimum absolute atomic E-state index is 0.620. The molecule has 0 aromatic carbocycles. The van der Waals surface area contributed by atoms with E-state index >= 15 is 0 Å². The van der Waals surface area contributed by atoms with Crippen LogP contribution in [0.1, 0.15) is 38.9 Å². The van der Waals surface area contributed by atoms with Crippen LogP contribution in [-0.4, -0.2) is 26.7 Å². The molecule has 1 aliphatic rings. The van der Waals surface area contributed by atoms with E-state index in [9.17, 15) is 0 Å². The van der Waals surface area contributed by atoms with Gasteiger partial charge in [-0.3, -0.25) is 0 Å². The number of hydrogen-bond acceptors (Lipinski definition) is 4. The van der Waals surface area contributed by atoms with Gasteiger partial charge in [-0.25, -0.2) is 0 Å². The number of aromatic amines is 1. The molecule has 0 radical (unpaired) electrons. The summed E-state index contributed by atoms with van der Waals surface area (Å²) in [5.41, 5.74) is 0. The van der Waals surface area contributed by atoms with E-state index in [1.54, 1.807) is 0 Å². The first-order valence-electron chi connectivity index (χ1n) is 5.71. The minimum Gasteiger partial charge on any atom is -0.307 e. The summed E-state index contributed by atoms with van der Waals surface area (Å²) in [5.74, 6) is 2.44. The second-order valence-electron chi connectivity index (χ2n) is 4.67. The molecule has 1 heterocycles. The van der Waals surface area contributed by atoms with E-state index in [1.807, 2.05) is 0 Å². The van der Waals surface area contributed by atoms with Crippen molar-refractivity contribution in [2.75, 3.05) is 0 Å². The molecule has 2 rings (SSSR count). The van der Waals surface area contributed by atoms with E-state index in [0.29, 0.717) is 6.04 Å². The molecule has 1 fully saturated rings. The smallest absolute Gasteiger partial charge is 0.188 e. The normalized spacial score (nSPS) is 31.7. The van der Waals surface area contributed by atoms with Crippen LogP contribution in [0.15, 0.2) is 0 Å². The summed E-state index contributed by atoms with van der Waals surface area (Å²) >= 11 is 0. The summed E-state index contributed by atoms with van der Waals surface area (Å²) in [6.45, 7) is 5.41. The summed E-state index contributed by atoms with van der Waals surface area (Å²) < 4.78 is 0. The van der Waals surface area contributed by atoms with Crippen LogP contribution >= 0.6 is 0 Å². The Morgan fingerprint density at radius 1 is 1.33 bits per heavy atom. The molecular weight excluding hydrogens is 190 g/mol. The molecule has 1 aromatic rings. The van der Waals surface area contributed by atoms with E-state index in [2.05, 4.69) is 39.8 Å². The standard InChI is InChI=1S/C10H19N5/c1-7-3-4-9(5-8(7)2)11-6-10-12-14-15-13-10/h7-9,11H,3-6H2,1-2H3,(H,12,13,14,15). The van der Waals surface area contributed by atoms with Gasteiger partial charge in [0.25, 0.3) is 0 Å². The third-order valence-electron chi connectivity index (χ3n) is 3.54. The lowest BCUT2D eigenvalue weighted by Crippen LogP contribution is -2.36. The van der Waals surface area contributed by atoms with Gasteiger partial charge in [-0.1, -0.05) is 19.1 Å². The lowest BCUT2D eigenvalue weighted by Gasteiger charge is -2.32. The molecule has 1 saturated carbocycles. The Morgan fingerprint density at radius 3 is 2.87 bits per heavy atom. The van der Waals surface area contributed by atoms with Crippen molar-refractivity contribution in [2.24, 2.45) is 11.8 Å². The Hall–Kier alpha value is -0.970. The molecule has 0 aliphatic heterocycles. The molecule has 3 unspecified atom stereocenters. The topological polar surface area (TPSA) is 66.5 Å². The van der Waals surface area contributed by atoms with Gasteiger partial charge in [0.1, 0.15) is 0 Å². The zero-order valence-electron chi connectivity index (χ0n) is 9.40. The van der Waals surface area contributed by atoms with Crippen LogP contribution < -0.4 is 5.32 Å². The number of nitrogens with one attached hydrogen (secondary N) is 2. The van der Waals surface area contributed by atoms with Crippen LogP contribution in [0.2, 0.25) is 0 Å². The molecule has 0 spiro atoms. The second kappa shape index (κ2) is 4.70. The van der Waals surface area contributed by atoms with Gasteiger partial charge in [-0.05, 0) is 31.1 Å². The van der Waals surface area contributed by atoms with E-state index in [4.69, 9.17) is 0 Å². The largest absolute Gasteiger partial charge is 0.307 e. The Labute approximate surface area is 90.0 Å². The number of tetrazole rings is 1. The van der Waals surface area contributed by atoms with Gasteiger partial charge < -0.3 is 5.32 Å². The number of rotatable bonds is 3. The van der Waals surface area contributed by atoms with Crippen LogP contribution in [0.3, 0.4) is 0 Å². The highest BCUT2D eigenvalue weighted by Crippen LogP contribution is 2.29. The predicted molar refractivity (Wildman–Crippen MR) is 57.0 cm³/mol. The molecule has 0 bridgehead atoms. The zero-order valence-corrected chi connectivity index (χ0v) is 9.40. The van der Waals surface area contributed by atoms with Crippen LogP contribution in [0.5, 0.6) is 0 Å². The Morgan fingerprint density at radius 2 is 2.20 bits per heavy atom. The third kappa shape index (κ3) is 2.75. The van der Waals surface area contributed by atoms with Crippen LogP contribution in [-0.2, 0) is 6.54 Å². The number of aromatic nitrogens is 4. The SMILES string of the molecule is CC1CCC(NCc2nn[nH]n2)CC1C. The fraction of sp³-hybridized carbons (Fsp3) is 0.900. The molecule has 84 valence electrons. The number of H-pyrrole nitrogens is 1. The van der Waals surface area contributed by atoms with Gasteiger partial charge in [-0.15, -0.1) is 10.2 Å².